The molecule has 1 aliphatic heterocycles. The Morgan fingerprint density at radius 1 is 0.929 bits per heavy atom. The van der Waals surface area contributed by atoms with Crippen molar-refractivity contribution in [2.45, 2.75) is 25.7 Å². The lowest BCUT2D eigenvalue weighted by Gasteiger charge is -2.31. The number of carbonyl (C=O) groups excluding carboxylic acids is 2. The van der Waals surface area contributed by atoms with Gasteiger partial charge in [0.2, 0.25) is 12.7 Å². The molecule has 1 heterocycles. The van der Waals surface area contributed by atoms with E-state index in [9.17, 15) is 14.7 Å². The summed E-state index contributed by atoms with van der Waals surface area (Å²) in [5.41, 5.74) is 0.589. The van der Waals surface area contributed by atoms with Crippen molar-refractivity contribution < 1.29 is 28.9 Å². The number of anilines is 1. The fraction of sp³-hybridized carbons (Fsp3) is 0.333. The van der Waals surface area contributed by atoms with Gasteiger partial charge in [-0.25, -0.2) is 0 Å². The lowest BCUT2D eigenvalue weighted by molar-refractivity contribution is -0.313. The number of ether oxygens (including phenoxy) is 3. The van der Waals surface area contributed by atoms with E-state index < -0.39 is 17.8 Å². The number of benzene rings is 2. The Morgan fingerprint density at radius 2 is 1.61 bits per heavy atom. The van der Waals surface area contributed by atoms with Crippen LogP contribution >= 0.6 is 0 Å². The Hall–Kier alpha value is -3.22. The van der Waals surface area contributed by atoms with Gasteiger partial charge >= 0.3 is 0 Å². The van der Waals surface area contributed by atoms with Crippen LogP contribution in [0.3, 0.4) is 0 Å². The van der Waals surface area contributed by atoms with Gasteiger partial charge in [-0.05, 0) is 49.2 Å². The number of carbonyl (C=O) groups is 2. The van der Waals surface area contributed by atoms with Crippen LogP contribution in [0.1, 0.15) is 25.7 Å². The summed E-state index contributed by atoms with van der Waals surface area (Å²) in [4.78, 5) is 23.8. The van der Waals surface area contributed by atoms with E-state index in [4.69, 9.17) is 14.2 Å². The third kappa shape index (κ3) is 3.88. The summed E-state index contributed by atoms with van der Waals surface area (Å²) in [5, 5.41) is 14.1. The molecule has 0 spiro atoms. The second-order valence-corrected chi connectivity index (χ2v) is 6.95. The first-order valence-corrected chi connectivity index (χ1v) is 9.29. The number of fused-ring (bicyclic) bond motifs is 1. The van der Waals surface area contributed by atoms with Gasteiger partial charge in [-0.2, -0.15) is 0 Å². The van der Waals surface area contributed by atoms with E-state index in [-0.39, 0.29) is 12.7 Å². The first-order valence-electron chi connectivity index (χ1n) is 9.29. The monoisotopic (exact) mass is 382 g/mol. The first-order chi connectivity index (χ1) is 13.6. The van der Waals surface area contributed by atoms with Crippen molar-refractivity contribution in [3.8, 4) is 23.0 Å². The summed E-state index contributed by atoms with van der Waals surface area (Å²) in [6.07, 6.45) is 2.72. The maximum atomic E-state index is 12.5. The van der Waals surface area contributed by atoms with Crippen LogP contribution in [0.25, 0.3) is 0 Å². The SMILES string of the molecule is O=C([O-])[C@H]1CCCC[C@H]1C(=O)Nc1ccc(Oc2ccc3c(c2)OCO3)cc1. The van der Waals surface area contributed by atoms with Crippen LogP contribution in [-0.2, 0) is 9.59 Å². The quantitative estimate of drug-likeness (QED) is 0.854. The van der Waals surface area contributed by atoms with Crippen LogP contribution in [0.2, 0.25) is 0 Å². The molecule has 4 rings (SSSR count). The Bertz CT molecular complexity index is 879. The molecule has 7 nitrogen and oxygen atoms in total. The molecule has 1 aliphatic carbocycles. The van der Waals surface area contributed by atoms with E-state index in [0.29, 0.717) is 41.5 Å². The van der Waals surface area contributed by atoms with Gasteiger partial charge in [-0.3, -0.25) is 4.79 Å². The van der Waals surface area contributed by atoms with Crippen molar-refractivity contribution in [3.63, 3.8) is 0 Å². The second-order valence-electron chi connectivity index (χ2n) is 6.95. The molecule has 1 fully saturated rings. The molecule has 0 saturated heterocycles. The largest absolute Gasteiger partial charge is 0.550 e. The number of amides is 1. The smallest absolute Gasteiger partial charge is 0.231 e. The molecule has 0 radical (unpaired) electrons. The van der Waals surface area contributed by atoms with E-state index in [1.807, 2.05) is 0 Å². The maximum absolute atomic E-state index is 12.5. The molecule has 1 amide bonds. The maximum Gasteiger partial charge on any atom is 0.231 e. The second kappa shape index (κ2) is 7.80. The molecule has 1 N–H and O–H groups in total. The molecule has 7 heteroatoms. The molecule has 2 aromatic carbocycles. The highest BCUT2D eigenvalue weighted by Gasteiger charge is 2.31. The van der Waals surface area contributed by atoms with E-state index in [0.717, 1.165) is 12.8 Å². The number of rotatable bonds is 5. The first kappa shape index (κ1) is 18.2. The Morgan fingerprint density at radius 3 is 2.36 bits per heavy atom. The lowest BCUT2D eigenvalue weighted by atomic mass is 9.78. The molecule has 0 aromatic heterocycles. The molecule has 1 saturated carbocycles. The minimum Gasteiger partial charge on any atom is -0.550 e. The fourth-order valence-electron chi connectivity index (χ4n) is 3.64. The average Bonchev–Trinajstić information content (AvgIpc) is 3.17. The van der Waals surface area contributed by atoms with Crippen molar-refractivity contribution in [2.75, 3.05) is 12.1 Å². The van der Waals surface area contributed by atoms with Crippen LogP contribution < -0.4 is 24.6 Å². The van der Waals surface area contributed by atoms with Crippen molar-refractivity contribution >= 4 is 17.6 Å². The van der Waals surface area contributed by atoms with Crippen LogP contribution in [0.5, 0.6) is 23.0 Å². The molecule has 0 unspecified atom stereocenters. The third-order valence-electron chi connectivity index (χ3n) is 5.11. The van der Waals surface area contributed by atoms with E-state index in [1.165, 1.54) is 0 Å². The summed E-state index contributed by atoms with van der Waals surface area (Å²) < 4.78 is 16.4. The van der Waals surface area contributed by atoms with Gasteiger partial charge in [0, 0.05) is 29.6 Å². The van der Waals surface area contributed by atoms with Crippen LogP contribution in [0.4, 0.5) is 5.69 Å². The number of carboxylic acid groups (broad SMARTS) is 1. The Labute approximate surface area is 162 Å². The molecule has 146 valence electrons. The average molecular weight is 382 g/mol. The van der Waals surface area contributed by atoms with Crippen LogP contribution in [0.15, 0.2) is 42.5 Å². The fourth-order valence-corrected chi connectivity index (χ4v) is 3.64. The summed E-state index contributed by atoms with van der Waals surface area (Å²) >= 11 is 0. The zero-order valence-electron chi connectivity index (χ0n) is 15.2. The zero-order chi connectivity index (χ0) is 19.5. The van der Waals surface area contributed by atoms with Crippen molar-refractivity contribution in [3.05, 3.63) is 42.5 Å². The Balaban J connectivity index is 1.39. The van der Waals surface area contributed by atoms with E-state index >= 15 is 0 Å². The van der Waals surface area contributed by atoms with Gasteiger partial charge in [0.1, 0.15) is 11.5 Å². The minimum atomic E-state index is -1.15. The molecular weight excluding hydrogens is 362 g/mol. The Kier molecular flexibility index (Phi) is 5.06. The van der Waals surface area contributed by atoms with Crippen molar-refractivity contribution in [2.24, 2.45) is 11.8 Å². The third-order valence-corrected chi connectivity index (χ3v) is 5.11. The summed E-state index contributed by atoms with van der Waals surface area (Å²) in [6.45, 7) is 0.201. The van der Waals surface area contributed by atoms with Crippen molar-refractivity contribution in [1.82, 2.24) is 0 Å². The van der Waals surface area contributed by atoms with Gasteiger partial charge in [-0.15, -0.1) is 0 Å². The molecule has 0 bridgehead atoms. The number of nitrogens with one attached hydrogen (secondary N) is 1. The van der Waals surface area contributed by atoms with Gasteiger partial charge < -0.3 is 29.4 Å². The highest BCUT2D eigenvalue weighted by molar-refractivity contribution is 5.95. The van der Waals surface area contributed by atoms with Crippen LogP contribution in [0, 0.1) is 11.8 Å². The molecular formula is C21H20NO6-. The van der Waals surface area contributed by atoms with Gasteiger partial charge in [0.15, 0.2) is 11.5 Å². The van der Waals surface area contributed by atoms with Gasteiger partial charge in [0.05, 0.1) is 0 Å². The molecule has 2 atom stereocenters. The highest BCUT2D eigenvalue weighted by Crippen LogP contribution is 2.37. The summed E-state index contributed by atoms with van der Waals surface area (Å²) in [7, 11) is 0. The summed E-state index contributed by atoms with van der Waals surface area (Å²) in [6, 6.07) is 12.2. The normalized spacial score (nSPS) is 20.4. The van der Waals surface area contributed by atoms with Gasteiger partial charge in [0.25, 0.3) is 0 Å². The predicted octanol–water partition coefficient (Wildman–Crippen LogP) is 2.70. The highest BCUT2D eigenvalue weighted by atomic mass is 16.7. The summed E-state index contributed by atoms with van der Waals surface area (Å²) in [5.74, 6) is -0.169. The number of carboxylic acids is 1. The molecule has 2 aliphatic rings. The molecule has 28 heavy (non-hydrogen) atoms. The number of aliphatic carboxylic acids is 1. The standard InChI is InChI=1S/C21H21NO6/c23-20(16-3-1-2-4-17(16)21(24)25)22-13-5-7-14(8-6-13)28-15-9-10-18-19(11-15)27-12-26-18/h5-11,16-17H,1-4,12H2,(H,22,23)(H,24,25)/p-1/t16-,17+/m1/s1. The zero-order valence-corrected chi connectivity index (χ0v) is 15.2. The lowest BCUT2D eigenvalue weighted by Crippen LogP contribution is -2.42. The van der Waals surface area contributed by atoms with E-state index in [1.54, 1.807) is 42.5 Å². The van der Waals surface area contributed by atoms with Crippen molar-refractivity contribution in [1.29, 1.82) is 0 Å². The number of hydrogen-bond donors (Lipinski definition) is 1. The van der Waals surface area contributed by atoms with Crippen LogP contribution in [-0.4, -0.2) is 18.7 Å². The molecule has 2 aromatic rings. The predicted molar refractivity (Wildman–Crippen MR) is 98.2 cm³/mol. The number of hydrogen-bond acceptors (Lipinski definition) is 6. The van der Waals surface area contributed by atoms with Gasteiger partial charge in [-0.1, -0.05) is 12.8 Å². The topological polar surface area (TPSA) is 96.9 Å². The minimum absolute atomic E-state index is 0.201. The van der Waals surface area contributed by atoms with E-state index in [2.05, 4.69) is 5.32 Å².